The van der Waals surface area contributed by atoms with Crippen molar-refractivity contribution in [3.8, 4) is 0 Å². The van der Waals surface area contributed by atoms with E-state index < -0.39 is 0 Å². The van der Waals surface area contributed by atoms with Gasteiger partial charge in [0, 0.05) is 0 Å². The Kier molecular flexibility index (Phi) is 2.34. The van der Waals surface area contributed by atoms with E-state index in [1.54, 1.807) is 0 Å². The van der Waals surface area contributed by atoms with Crippen LogP contribution in [0.5, 0.6) is 0 Å². The summed E-state index contributed by atoms with van der Waals surface area (Å²) < 4.78 is 4.34. The van der Waals surface area contributed by atoms with Gasteiger partial charge in [0.1, 0.15) is 6.26 Å². The van der Waals surface area contributed by atoms with Crippen LogP contribution in [0, 0.1) is 0 Å². The molecule has 3 nitrogen and oxygen atoms in total. The molecule has 1 aliphatic rings. The Morgan fingerprint density at radius 1 is 1.75 bits per heavy atom. The average molecular weight is 136 g/mol. The first kappa shape index (κ1) is 7.30. The van der Waals surface area contributed by atoms with E-state index in [1.807, 2.05) is 0 Å². The molecule has 8 heavy (non-hydrogen) atoms. The lowest BCUT2D eigenvalue weighted by molar-refractivity contribution is -0.135. The van der Waals surface area contributed by atoms with E-state index in [2.05, 4.69) is 4.74 Å². The van der Waals surface area contributed by atoms with E-state index in [9.17, 15) is 4.79 Å². The van der Waals surface area contributed by atoms with E-state index in [4.69, 9.17) is 5.73 Å². The zero-order valence-electron chi connectivity index (χ0n) is 4.09. The summed E-state index contributed by atoms with van der Waals surface area (Å²) in [4.78, 5) is 10.1. The van der Waals surface area contributed by atoms with E-state index in [-0.39, 0.29) is 24.8 Å². The van der Waals surface area contributed by atoms with Crippen molar-refractivity contribution in [1.29, 1.82) is 0 Å². The number of nitrogens with two attached hydrogens (primary N) is 1. The molecular weight excluding hydrogens is 130 g/mol. The molecular formula is C4H6ClNO2. The summed E-state index contributed by atoms with van der Waals surface area (Å²) in [7, 11) is 0. The summed E-state index contributed by atoms with van der Waals surface area (Å²) in [6.45, 7) is 0. The number of halogens is 1. The van der Waals surface area contributed by atoms with Gasteiger partial charge in [-0.2, -0.15) is 0 Å². The molecule has 0 spiro atoms. The summed E-state index contributed by atoms with van der Waals surface area (Å²) in [6.07, 6.45) is 1.52. The van der Waals surface area contributed by atoms with Crippen molar-refractivity contribution in [2.75, 3.05) is 0 Å². The van der Waals surface area contributed by atoms with Gasteiger partial charge in [0.2, 0.25) is 0 Å². The van der Waals surface area contributed by atoms with Gasteiger partial charge in [-0.3, -0.25) is 4.79 Å². The second-order valence-corrected chi connectivity index (χ2v) is 1.36. The van der Waals surface area contributed by atoms with Crippen LogP contribution >= 0.6 is 12.4 Å². The lowest BCUT2D eigenvalue weighted by Gasteiger charge is -1.79. The number of hydrogen-bond donors (Lipinski definition) is 1. The number of rotatable bonds is 0. The summed E-state index contributed by atoms with van der Waals surface area (Å²) in [5.74, 6) is -0.266. The Labute approximate surface area is 52.9 Å². The first-order chi connectivity index (χ1) is 3.29. The Balaban J connectivity index is 0.000000490. The van der Waals surface area contributed by atoms with Crippen molar-refractivity contribution in [1.82, 2.24) is 0 Å². The third-order valence-corrected chi connectivity index (χ3v) is 0.690. The maximum absolute atomic E-state index is 10.1. The van der Waals surface area contributed by atoms with Crippen molar-refractivity contribution in [3.63, 3.8) is 0 Å². The van der Waals surface area contributed by atoms with E-state index in [0.717, 1.165) is 0 Å². The van der Waals surface area contributed by atoms with Crippen LogP contribution in [0.4, 0.5) is 0 Å². The van der Waals surface area contributed by atoms with Gasteiger partial charge in [-0.15, -0.1) is 12.4 Å². The second-order valence-electron chi connectivity index (χ2n) is 1.36. The van der Waals surface area contributed by atoms with Gasteiger partial charge in [-0.25, -0.2) is 0 Å². The van der Waals surface area contributed by atoms with Crippen molar-refractivity contribution in [2.45, 2.75) is 6.42 Å². The number of esters is 1. The molecule has 0 amide bonds. The summed E-state index contributed by atoms with van der Waals surface area (Å²) in [5, 5.41) is 0. The summed E-state index contributed by atoms with van der Waals surface area (Å²) in [6, 6.07) is 0. The molecule has 2 N–H and O–H groups in total. The van der Waals surface area contributed by atoms with Crippen LogP contribution in [0.3, 0.4) is 0 Å². The highest BCUT2D eigenvalue weighted by Gasteiger charge is 2.09. The van der Waals surface area contributed by atoms with Gasteiger partial charge in [0.15, 0.2) is 0 Å². The lowest BCUT2D eigenvalue weighted by Crippen LogP contribution is -1.96. The zero-order valence-corrected chi connectivity index (χ0v) is 4.90. The molecule has 0 atom stereocenters. The highest BCUT2D eigenvalue weighted by atomic mass is 35.5. The standard InChI is InChI=1S/C4H5NO2.ClH/c5-3-1-4(6)7-2-3;/h2H,1,5H2;1H. The number of carbonyl (C=O) groups is 1. The van der Waals surface area contributed by atoms with Gasteiger partial charge in [-0.1, -0.05) is 0 Å². The average Bonchev–Trinajstić information content (AvgIpc) is 1.87. The fourth-order valence-corrected chi connectivity index (χ4v) is 0.391. The van der Waals surface area contributed by atoms with Crippen molar-refractivity contribution < 1.29 is 9.53 Å². The van der Waals surface area contributed by atoms with Gasteiger partial charge in [0.05, 0.1) is 12.1 Å². The molecule has 1 heterocycles. The SMILES string of the molecule is Cl.NC1=COC(=O)C1. The molecule has 0 radical (unpaired) electrons. The fourth-order valence-electron chi connectivity index (χ4n) is 0.391. The molecule has 0 aliphatic carbocycles. The number of cyclic esters (lactones) is 1. The molecule has 46 valence electrons. The number of hydrogen-bond acceptors (Lipinski definition) is 3. The van der Waals surface area contributed by atoms with Crippen LogP contribution in [0.15, 0.2) is 12.0 Å². The zero-order chi connectivity index (χ0) is 5.28. The molecule has 0 saturated heterocycles. The molecule has 0 aromatic carbocycles. The van der Waals surface area contributed by atoms with E-state index in [1.165, 1.54) is 6.26 Å². The lowest BCUT2D eigenvalue weighted by atomic mass is 10.4. The topological polar surface area (TPSA) is 52.3 Å². The molecule has 4 heteroatoms. The largest absolute Gasteiger partial charge is 0.432 e. The monoisotopic (exact) mass is 135 g/mol. The highest BCUT2D eigenvalue weighted by Crippen LogP contribution is 2.03. The minimum absolute atomic E-state index is 0. The molecule has 1 rings (SSSR count). The van der Waals surface area contributed by atoms with Gasteiger partial charge >= 0.3 is 5.97 Å². The maximum atomic E-state index is 10.1. The van der Waals surface area contributed by atoms with Gasteiger partial charge < -0.3 is 10.5 Å². The van der Waals surface area contributed by atoms with Crippen molar-refractivity contribution in [3.05, 3.63) is 12.0 Å². The number of ether oxygens (including phenoxy) is 1. The first-order valence-corrected chi connectivity index (χ1v) is 1.93. The van der Waals surface area contributed by atoms with Crippen LogP contribution in [0.2, 0.25) is 0 Å². The molecule has 0 aromatic heterocycles. The molecule has 0 fully saturated rings. The second kappa shape index (κ2) is 2.57. The van der Waals surface area contributed by atoms with Crippen LogP contribution in [0.25, 0.3) is 0 Å². The van der Waals surface area contributed by atoms with Crippen LogP contribution in [-0.4, -0.2) is 5.97 Å². The van der Waals surface area contributed by atoms with Gasteiger partial charge in [0.25, 0.3) is 0 Å². The first-order valence-electron chi connectivity index (χ1n) is 1.93. The summed E-state index contributed by atoms with van der Waals surface area (Å²) >= 11 is 0. The molecule has 0 saturated carbocycles. The van der Waals surface area contributed by atoms with E-state index >= 15 is 0 Å². The van der Waals surface area contributed by atoms with Crippen LogP contribution in [-0.2, 0) is 9.53 Å². The third-order valence-electron chi connectivity index (χ3n) is 0.690. The summed E-state index contributed by atoms with van der Waals surface area (Å²) in [5.41, 5.74) is 5.65. The molecule has 0 aromatic rings. The Morgan fingerprint density at radius 2 is 2.38 bits per heavy atom. The Hall–Kier alpha value is -0.700. The van der Waals surface area contributed by atoms with E-state index in [0.29, 0.717) is 5.70 Å². The fraction of sp³-hybridized carbons (Fsp3) is 0.250. The Morgan fingerprint density at radius 3 is 2.50 bits per heavy atom. The van der Waals surface area contributed by atoms with Crippen LogP contribution in [0.1, 0.15) is 6.42 Å². The predicted octanol–water partition coefficient (Wildman–Crippen LogP) is 0.155. The highest BCUT2D eigenvalue weighted by molar-refractivity contribution is 5.85. The maximum Gasteiger partial charge on any atom is 0.316 e. The van der Waals surface area contributed by atoms with Gasteiger partial charge in [-0.05, 0) is 0 Å². The third kappa shape index (κ3) is 1.42. The normalized spacial score (nSPS) is 16.5. The number of carbonyl (C=O) groups excluding carboxylic acids is 1. The Bertz CT molecular complexity index is 132. The smallest absolute Gasteiger partial charge is 0.316 e. The van der Waals surface area contributed by atoms with Crippen LogP contribution < -0.4 is 5.73 Å². The molecule has 1 aliphatic heterocycles. The molecule has 0 unspecified atom stereocenters. The van der Waals surface area contributed by atoms with Crippen molar-refractivity contribution >= 4 is 18.4 Å². The predicted molar refractivity (Wildman–Crippen MR) is 30.2 cm³/mol. The van der Waals surface area contributed by atoms with Crippen molar-refractivity contribution in [2.24, 2.45) is 5.73 Å². The molecule has 0 bridgehead atoms. The quantitative estimate of drug-likeness (QED) is 0.482. The minimum Gasteiger partial charge on any atom is -0.432 e. The minimum atomic E-state index is -0.266.